The van der Waals surface area contributed by atoms with Crippen molar-refractivity contribution >= 4 is 44.9 Å². The van der Waals surface area contributed by atoms with E-state index < -0.39 is 22.8 Å². The van der Waals surface area contributed by atoms with E-state index in [4.69, 9.17) is 16.6 Å². The zero-order chi connectivity index (χ0) is 20.6. The number of nitrogens with one attached hydrogen (secondary N) is 1. The van der Waals surface area contributed by atoms with Gasteiger partial charge in [-0.2, -0.15) is 13.2 Å². The molecule has 152 valence electrons. The number of alkyl halides is 3. The van der Waals surface area contributed by atoms with Gasteiger partial charge in [-0.15, -0.1) is 11.3 Å². The molecule has 4 nitrogen and oxygen atoms in total. The highest BCUT2D eigenvalue weighted by Crippen LogP contribution is 2.37. The number of likely N-dealkylation sites (tertiary alicyclic amines) is 1. The van der Waals surface area contributed by atoms with Gasteiger partial charge in [-0.25, -0.2) is 9.78 Å². The number of halogens is 4. The number of fused-ring (bicyclic) bond motifs is 1. The van der Waals surface area contributed by atoms with Crippen LogP contribution < -0.4 is 5.32 Å². The Hall–Kier alpha value is -2.32. The first kappa shape index (κ1) is 20.0. The van der Waals surface area contributed by atoms with Crippen LogP contribution in [0.25, 0.3) is 10.2 Å². The second-order valence-electron chi connectivity index (χ2n) is 6.90. The normalized spacial score (nSPS) is 15.7. The molecule has 0 aliphatic carbocycles. The molecule has 2 amide bonds. The van der Waals surface area contributed by atoms with Gasteiger partial charge >= 0.3 is 12.2 Å². The van der Waals surface area contributed by atoms with Crippen molar-refractivity contribution in [3.8, 4) is 0 Å². The summed E-state index contributed by atoms with van der Waals surface area (Å²) in [6, 6.07) is 10.9. The summed E-state index contributed by atoms with van der Waals surface area (Å²) in [6.45, 7) is 1.04. The third kappa shape index (κ3) is 4.33. The van der Waals surface area contributed by atoms with E-state index in [1.165, 1.54) is 6.07 Å². The van der Waals surface area contributed by atoms with Gasteiger partial charge in [0.05, 0.1) is 25.8 Å². The highest BCUT2D eigenvalue weighted by molar-refractivity contribution is 7.18. The van der Waals surface area contributed by atoms with Crippen LogP contribution in [-0.2, 0) is 6.18 Å². The summed E-state index contributed by atoms with van der Waals surface area (Å²) in [4.78, 5) is 18.8. The van der Waals surface area contributed by atoms with Gasteiger partial charge < -0.3 is 10.2 Å². The van der Waals surface area contributed by atoms with Gasteiger partial charge in [0.15, 0.2) is 0 Å². The van der Waals surface area contributed by atoms with Crippen LogP contribution in [0.15, 0.2) is 42.5 Å². The van der Waals surface area contributed by atoms with Crippen molar-refractivity contribution in [2.24, 2.45) is 0 Å². The number of para-hydroxylation sites is 1. The molecule has 2 aromatic carbocycles. The third-order valence-corrected chi connectivity index (χ3v) is 6.49. The van der Waals surface area contributed by atoms with Crippen LogP contribution in [0.3, 0.4) is 0 Å². The lowest BCUT2D eigenvalue weighted by Crippen LogP contribution is -2.40. The Morgan fingerprint density at radius 3 is 2.59 bits per heavy atom. The molecule has 1 aliphatic heterocycles. The number of carbonyl (C=O) groups excluding carboxylic acids is 1. The van der Waals surface area contributed by atoms with Gasteiger partial charge in [0, 0.05) is 24.7 Å². The van der Waals surface area contributed by atoms with Crippen LogP contribution >= 0.6 is 22.9 Å². The topological polar surface area (TPSA) is 45.2 Å². The quantitative estimate of drug-likeness (QED) is 0.503. The summed E-state index contributed by atoms with van der Waals surface area (Å²) in [7, 11) is 0. The lowest BCUT2D eigenvalue weighted by molar-refractivity contribution is -0.137. The predicted octanol–water partition coefficient (Wildman–Crippen LogP) is 6.38. The van der Waals surface area contributed by atoms with Gasteiger partial charge in [-0.05, 0) is 43.2 Å². The molecule has 9 heteroatoms. The van der Waals surface area contributed by atoms with E-state index in [2.05, 4.69) is 5.32 Å². The number of piperidine rings is 1. The summed E-state index contributed by atoms with van der Waals surface area (Å²) in [6.07, 6.45) is -3.04. The van der Waals surface area contributed by atoms with Crippen LogP contribution in [0.2, 0.25) is 5.02 Å². The minimum Gasteiger partial charge on any atom is -0.324 e. The molecule has 0 radical (unpaired) electrons. The number of nitrogens with zero attached hydrogens (tertiary/aromatic N) is 2. The first-order chi connectivity index (χ1) is 13.8. The van der Waals surface area contributed by atoms with Crippen molar-refractivity contribution in [3.63, 3.8) is 0 Å². The SMILES string of the molecule is O=C(Nc1ccc(Cl)c(C(F)(F)F)c1)N1CCC(c2nc3ccccc3s2)CC1. The minimum absolute atomic E-state index is 0.0695. The molecule has 3 aromatic rings. The molecule has 1 N–H and O–H groups in total. The smallest absolute Gasteiger partial charge is 0.324 e. The Morgan fingerprint density at radius 1 is 1.17 bits per heavy atom. The highest BCUT2D eigenvalue weighted by atomic mass is 35.5. The lowest BCUT2D eigenvalue weighted by atomic mass is 9.98. The van der Waals surface area contributed by atoms with Gasteiger partial charge in [-0.3, -0.25) is 0 Å². The fourth-order valence-electron chi connectivity index (χ4n) is 3.42. The van der Waals surface area contributed by atoms with Gasteiger partial charge in [0.2, 0.25) is 0 Å². The number of anilines is 1. The number of aromatic nitrogens is 1. The first-order valence-electron chi connectivity index (χ1n) is 9.09. The number of urea groups is 1. The molecule has 29 heavy (non-hydrogen) atoms. The third-order valence-electron chi connectivity index (χ3n) is 4.96. The molecule has 0 unspecified atom stereocenters. The molecular formula is C20H17ClF3N3OS. The molecule has 4 rings (SSSR count). The number of amides is 2. The van der Waals surface area contributed by atoms with Crippen LogP contribution in [0, 0.1) is 0 Å². The Labute approximate surface area is 174 Å². The van der Waals surface area contributed by atoms with E-state index >= 15 is 0 Å². The fraction of sp³-hybridized carbons (Fsp3) is 0.300. The molecule has 0 atom stereocenters. The van der Waals surface area contributed by atoms with Crippen molar-refractivity contribution in [3.05, 3.63) is 58.1 Å². The van der Waals surface area contributed by atoms with Gasteiger partial charge in [-0.1, -0.05) is 23.7 Å². The molecule has 0 spiro atoms. The highest BCUT2D eigenvalue weighted by Gasteiger charge is 2.33. The van der Waals surface area contributed by atoms with E-state index in [1.54, 1.807) is 16.2 Å². The lowest BCUT2D eigenvalue weighted by Gasteiger charge is -2.31. The molecule has 0 saturated carbocycles. The van der Waals surface area contributed by atoms with Crippen LogP contribution in [0.5, 0.6) is 0 Å². The zero-order valence-corrected chi connectivity index (χ0v) is 16.7. The standard InChI is InChI=1S/C20H17ClF3N3OS/c21-15-6-5-13(11-14(15)20(22,23)24)25-19(28)27-9-7-12(8-10-27)18-26-16-3-1-2-4-17(16)29-18/h1-6,11-12H,7-10H2,(H,25,28). The minimum atomic E-state index is -4.58. The molecule has 0 bridgehead atoms. The molecule has 1 aromatic heterocycles. The number of benzene rings is 2. The van der Waals surface area contributed by atoms with E-state index in [0.29, 0.717) is 13.1 Å². The predicted molar refractivity (Wildman–Crippen MR) is 109 cm³/mol. The molecule has 1 saturated heterocycles. The Morgan fingerprint density at radius 2 is 1.90 bits per heavy atom. The average molecular weight is 440 g/mol. The monoisotopic (exact) mass is 439 g/mol. The number of hydrogen-bond acceptors (Lipinski definition) is 3. The summed E-state index contributed by atoms with van der Waals surface area (Å²) >= 11 is 7.29. The number of thiazole rings is 1. The largest absolute Gasteiger partial charge is 0.417 e. The fourth-order valence-corrected chi connectivity index (χ4v) is 4.78. The van der Waals surface area contributed by atoms with Crippen molar-refractivity contribution in [2.45, 2.75) is 24.9 Å². The van der Waals surface area contributed by atoms with Crippen LogP contribution in [0.4, 0.5) is 23.7 Å². The maximum atomic E-state index is 13.0. The number of rotatable bonds is 2. The zero-order valence-electron chi connectivity index (χ0n) is 15.2. The van der Waals surface area contributed by atoms with Crippen LogP contribution in [-0.4, -0.2) is 29.0 Å². The average Bonchev–Trinajstić information content (AvgIpc) is 3.13. The summed E-state index contributed by atoms with van der Waals surface area (Å²) < 4.78 is 40.1. The number of hydrogen-bond donors (Lipinski definition) is 1. The van der Waals surface area contributed by atoms with Gasteiger partial charge in [0.1, 0.15) is 0 Å². The Bertz CT molecular complexity index is 1010. The summed E-state index contributed by atoms with van der Waals surface area (Å²) in [5, 5.41) is 3.21. The van der Waals surface area contributed by atoms with Crippen molar-refractivity contribution < 1.29 is 18.0 Å². The van der Waals surface area contributed by atoms with E-state index in [1.807, 2.05) is 24.3 Å². The van der Waals surface area contributed by atoms with Gasteiger partial charge in [0.25, 0.3) is 0 Å². The Kier molecular flexibility index (Phi) is 5.40. The van der Waals surface area contributed by atoms with E-state index in [0.717, 1.165) is 40.2 Å². The van der Waals surface area contributed by atoms with Crippen molar-refractivity contribution in [2.75, 3.05) is 18.4 Å². The molecule has 1 aliphatic rings. The van der Waals surface area contributed by atoms with Crippen molar-refractivity contribution in [1.29, 1.82) is 0 Å². The Balaban J connectivity index is 1.39. The molecule has 1 fully saturated rings. The summed E-state index contributed by atoms with van der Waals surface area (Å²) in [5.41, 5.74) is 0.0856. The second-order valence-corrected chi connectivity index (χ2v) is 8.37. The first-order valence-corrected chi connectivity index (χ1v) is 10.3. The number of carbonyl (C=O) groups is 1. The molecule has 2 heterocycles. The van der Waals surface area contributed by atoms with E-state index in [-0.39, 0.29) is 11.6 Å². The summed E-state index contributed by atoms with van der Waals surface area (Å²) in [5.74, 6) is 0.281. The van der Waals surface area contributed by atoms with Crippen molar-refractivity contribution in [1.82, 2.24) is 9.88 Å². The maximum absolute atomic E-state index is 13.0. The van der Waals surface area contributed by atoms with E-state index in [9.17, 15) is 18.0 Å². The second kappa shape index (κ2) is 7.84. The molecular weight excluding hydrogens is 423 g/mol. The maximum Gasteiger partial charge on any atom is 0.417 e. The van der Waals surface area contributed by atoms with Crippen LogP contribution in [0.1, 0.15) is 29.3 Å².